The van der Waals surface area contributed by atoms with Crippen molar-refractivity contribution in [1.29, 1.82) is 0 Å². The molecule has 0 aromatic carbocycles. The molecule has 0 fully saturated rings. The van der Waals surface area contributed by atoms with Crippen LogP contribution in [0, 0.1) is 5.92 Å². The molecule has 0 rings (SSSR count). The fourth-order valence-corrected chi connectivity index (χ4v) is 0.579. The van der Waals surface area contributed by atoms with Crippen molar-refractivity contribution < 1.29 is 50.1 Å². The highest BCUT2D eigenvalue weighted by molar-refractivity contribution is 5.62. The minimum Gasteiger partial charge on any atom is -0.481 e. The summed E-state index contributed by atoms with van der Waals surface area (Å²) in [4.78, 5) is 9.00. The summed E-state index contributed by atoms with van der Waals surface area (Å²) in [5.74, 6) is -5.88. The Morgan fingerprint density at radius 2 is 1.12 bits per heavy atom. The number of hydrogen-bond acceptors (Lipinski definition) is 2. The third kappa shape index (κ3) is 8.65. The number of halogens is 8. The molecular formula is C6H6F8O3. The number of aliphatic hydroxyl groups is 1. The van der Waals surface area contributed by atoms with Crippen LogP contribution >= 0.6 is 0 Å². The van der Waals surface area contributed by atoms with Crippen LogP contribution in [0.3, 0.4) is 0 Å². The van der Waals surface area contributed by atoms with Crippen molar-refractivity contribution in [2.75, 3.05) is 0 Å². The molecule has 0 saturated heterocycles. The summed E-state index contributed by atoms with van der Waals surface area (Å²) in [5, 5.41) is 14.8. The van der Waals surface area contributed by atoms with E-state index in [0.717, 1.165) is 6.92 Å². The van der Waals surface area contributed by atoms with E-state index in [2.05, 4.69) is 0 Å². The first-order valence-electron chi connectivity index (χ1n) is 3.53. The first-order valence-corrected chi connectivity index (χ1v) is 3.53. The number of carbonyl (C=O) groups is 1. The molecule has 0 heterocycles. The van der Waals surface area contributed by atoms with Gasteiger partial charge >= 0.3 is 18.5 Å². The van der Waals surface area contributed by atoms with Gasteiger partial charge in [0.1, 0.15) is 0 Å². The largest absolute Gasteiger partial charge is 0.481 e. The van der Waals surface area contributed by atoms with Gasteiger partial charge in [-0.05, 0) is 0 Å². The van der Waals surface area contributed by atoms with Gasteiger partial charge in [0.25, 0.3) is 5.97 Å². The zero-order valence-electron chi connectivity index (χ0n) is 7.90. The molecule has 0 bridgehead atoms. The lowest BCUT2D eigenvalue weighted by Crippen LogP contribution is -2.48. The van der Waals surface area contributed by atoms with Crippen molar-refractivity contribution in [3.63, 3.8) is 0 Å². The van der Waals surface area contributed by atoms with E-state index in [-0.39, 0.29) is 0 Å². The Labute approximate surface area is 88.6 Å². The van der Waals surface area contributed by atoms with Crippen LogP contribution in [-0.2, 0) is 4.79 Å². The molecule has 0 saturated carbocycles. The molecule has 104 valence electrons. The molecule has 0 amide bonds. The predicted octanol–water partition coefficient (Wildman–Crippen LogP) is 2.40. The van der Waals surface area contributed by atoms with E-state index in [9.17, 15) is 35.1 Å². The van der Waals surface area contributed by atoms with Crippen molar-refractivity contribution in [2.45, 2.75) is 25.4 Å². The van der Waals surface area contributed by atoms with Gasteiger partial charge in [-0.2, -0.15) is 35.1 Å². The van der Waals surface area contributed by atoms with Gasteiger partial charge in [0.2, 0.25) is 5.92 Å². The third-order valence-electron chi connectivity index (χ3n) is 1.00. The minimum absolute atomic E-state index is 0.833. The first-order chi connectivity index (χ1) is 7.10. The van der Waals surface area contributed by atoms with Crippen molar-refractivity contribution >= 4 is 5.97 Å². The van der Waals surface area contributed by atoms with Gasteiger partial charge in [0.05, 0.1) is 0 Å². The summed E-state index contributed by atoms with van der Waals surface area (Å²) >= 11 is 0. The fraction of sp³-hybridized carbons (Fsp3) is 0.833. The van der Waals surface area contributed by atoms with E-state index in [1.807, 2.05) is 0 Å². The monoisotopic (exact) mass is 278 g/mol. The van der Waals surface area contributed by atoms with Gasteiger partial charge < -0.3 is 10.2 Å². The molecule has 0 radical (unpaired) electrons. The molecule has 0 unspecified atom stereocenters. The summed E-state index contributed by atoms with van der Waals surface area (Å²) in [7, 11) is 0. The zero-order chi connectivity index (χ0) is 14.7. The maximum Gasteiger partial charge on any atom is 0.409 e. The minimum atomic E-state index is -6.24. The molecule has 17 heavy (non-hydrogen) atoms. The fourth-order valence-electron chi connectivity index (χ4n) is 0.579. The van der Waals surface area contributed by atoms with Gasteiger partial charge in [-0.15, -0.1) is 0 Å². The topological polar surface area (TPSA) is 57.5 Å². The number of aliphatic carboxylic acids is 1. The lowest BCUT2D eigenvalue weighted by atomic mass is 10.1. The Hall–Kier alpha value is -1.13. The second-order valence-electron chi connectivity index (χ2n) is 2.62. The summed E-state index contributed by atoms with van der Waals surface area (Å²) in [5.41, 5.74) is 0. The maximum absolute atomic E-state index is 11.5. The molecule has 0 spiro atoms. The average molecular weight is 278 g/mol. The average Bonchev–Trinajstić information content (AvgIpc) is 1.69. The third-order valence-corrected chi connectivity index (χ3v) is 1.00. The molecule has 3 nitrogen and oxygen atoms in total. The second kappa shape index (κ2) is 5.47. The Morgan fingerprint density at radius 1 is 0.941 bits per heavy atom. The highest BCUT2D eigenvalue weighted by Gasteiger charge is 2.68. The van der Waals surface area contributed by atoms with Crippen molar-refractivity contribution in [3.05, 3.63) is 0 Å². The molecule has 0 aliphatic carbocycles. The maximum atomic E-state index is 11.5. The van der Waals surface area contributed by atoms with E-state index >= 15 is 0 Å². The first kappa shape index (κ1) is 18.2. The lowest BCUT2D eigenvalue weighted by Gasteiger charge is -2.25. The van der Waals surface area contributed by atoms with Crippen LogP contribution in [0.5, 0.6) is 0 Å². The summed E-state index contributed by atoms with van der Waals surface area (Å²) in [6.07, 6.45) is -18.3. The van der Waals surface area contributed by atoms with Crippen molar-refractivity contribution in [1.82, 2.24) is 0 Å². The zero-order valence-corrected chi connectivity index (χ0v) is 7.90. The number of carboxylic acid groups (broad SMARTS) is 1. The van der Waals surface area contributed by atoms with Gasteiger partial charge in [0, 0.05) is 6.92 Å². The van der Waals surface area contributed by atoms with Crippen LogP contribution in [-0.4, -0.2) is 34.6 Å². The Morgan fingerprint density at radius 3 is 1.12 bits per heavy atom. The summed E-state index contributed by atoms with van der Waals surface area (Å²) in [6, 6.07) is 0. The van der Waals surface area contributed by atoms with Crippen molar-refractivity contribution in [3.8, 4) is 0 Å². The number of hydrogen-bond donors (Lipinski definition) is 2. The highest BCUT2D eigenvalue weighted by Crippen LogP contribution is 2.46. The molecule has 2 N–H and O–H groups in total. The van der Waals surface area contributed by atoms with E-state index in [1.165, 1.54) is 0 Å². The Kier molecular flexibility index (Phi) is 5.87. The van der Waals surface area contributed by atoms with Gasteiger partial charge in [-0.1, -0.05) is 0 Å². The second-order valence-corrected chi connectivity index (χ2v) is 2.62. The van der Waals surface area contributed by atoms with Crippen LogP contribution in [0.4, 0.5) is 35.1 Å². The lowest BCUT2D eigenvalue weighted by molar-refractivity contribution is -0.387. The molecule has 11 heteroatoms. The van der Waals surface area contributed by atoms with Gasteiger partial charge in [0.15, 0.2) is 0 Å². The molecule has 0 aromatic heterocycles. The number of carboxylic acids is 1. The van der Waals surface area contributed by atoms with E-state index in [1.54, 1.807) is 0 Å². The van der Waals surface area contributed by atoms with E-state index in [4.69, 9.17) is 15.0 Å². The van der Waals surface area contributed by atoms with Crippen LogP contribution < -0.4 is 0 Å². The van der Waals surface area contributed by atoms with Gasteiger partial charge in [-0.25, -0.2) is 0 Å². The Balaban J connectivity index is 0. The molecule has 0 aromatic rings. The summed E-state index contributed by atoms with van der Waals surface area (Å²) in [6.45, 7) is 1.08. The number of rotatable bonds is 1. The van der Waals surface area contributed by atoms with Gasteiger partial charge in [-0.3, -0.25) is 4.79 Å². The molecular weight excluding hydrogens is 272 g/mol. The Bertz CT molecular complexity index is 212. The molecule has 0 aliphatic rings. The van der Waals surface area contributed by atoms with Crippen LogP contribution in [0.2, 0.25) is 0 Å². The van der Waals surface area contributed by atoms with Crippen LogP contribution in [0.15, 0.2) is 0 Å². The quantitative estimate of drug-likeness (QED) is 0.724. The van der Waals surface area contributed by atoms with Crippen LogP contribution in [0.25, 0.3) is 0 Å². The summed E-state index contributed by atoms with van der Waals surface area (Å²) < 4.78 is 91.1. The van der Waals surface area contributed by atoms with Crippen LogP contribution in [0.1, 0.15) is 6.92 Å². The van der Waals surface area contributed by atoms with Crippen molar-refractivity contribution in [2.24, 2.45) is 5.92 Å². The smallest absolute Gasteiger partial charge is 0.409 e. The standard InChI is InChI=1S/C4H2F8O.C2H4O2/c5-2(6,7)1(3(8,9)10)4(11,12)13;1-2(3)4/h1,13H;1H3,(H,3,4). The number of alkyl halides is 8. The normalized spacial score (nSPS) is 13.1. The SMILES string of the molecule is CC(=O)O.OC(F)(F)C(C(F)(F)F)C(F)(F)F. The predicted molar refractivity (Wildman–Crippen MR) is 36.1 cm³/mol. The molecule has 0 aliphatic heterocycles. The molecule has 0 atom stereocenters. The highest BCUT2D eigenvalue weighted by atomic mass is 19.4. The van der Waals surface area contributed by atoms with E-state index < -0.39 is 30.3 Å². The van der Waals surface area contributed by atoms with E-state index in [0.29, 0.717) is 0 Å².